The lowest BCUT2D eigenvalue weighted by molar-refractivity contribution is 0.578. The molecule has 1 aromatic carbocycles. The van der Waals surface area contributed by atoms with Crippen LogP contribution in [-0.2, 0) is 0 Å². The van der Waals surface area contributed by atoms with E-state index in [0.29, 0.717) is 0 Å². The molecule has 4 nitrogen and oxygen atoms in total. The van der Waals surface area contributed by atoms with Gasteiger partial charge in [0.05, 0.1) is 6.04 Å². The minimum absolute atomic E-state index is 0.0442. The molecule has 0 bridgehead atoms. The number of halogens is 2. The number of nitrogens with zero attached hydrogens (tertiary/aromatic N) is 1. The maximum Gasteiger partial charge on any atom is 0.330 e. The number of hydrogen-bond acceptors (Lipinski definition) is 2. The minimum Gasteiger partial charge on any atom is -0.298 e. The van der Waals surface area contributed by atoms with E-state index in [0.717, 1.165) is 14.6 Å². The summed E-state index contributed by atoms with van der Waals surface area (Å²) in [5.41, 5.74) is -0.0736. The largest absolute Gasteiger partial charge is 0.330 e. The van der Waals surface area contributed by atoms with Gasteiger partial charge in [-0.15, -0.1) is 0 Å². The fourth-order valence-electron chi connectivity index (χ4n) is 1.76. The summed E-state index contributed by atoms with van der Waals surface area (Å²) in [7, 11) is 0. The van der Waals surface area contributed by atoms with Crippen LogP contribution >= 0.6 is 27.5 Å². The molecule has 0 aliphatic rings. The van der Waals surface area contributed by atoms with Crippen LogP contribution in [0.2, 0.25) is 5.15 Å². The van der Waals surface area contributed by atoms with Gasteiger partial charge in [-0.05, 0) is 24.6 Å². The molecule has 94 valence electrons. The van der Waals surface area contributed by atoms with Crippen molar-refractivity contribution in [3.05, 3.63) is 66.4 Å². The van der Waals surface area contributed by atoms with E-state index in [1.807, 2.05) is 24.3 Å². The molecule has 0 amide bonds. The van der Waals surface area contributed by atoms with E-state index >= 15 is 0 Å². The smallest absolute Gasteiger partial charge is 0.298 e. The molecule has 2 aromatic rings. The maximum absolute atomic E-state index is 11.8. The fraction of sp³-hybridized carbons (Fsp3) is 0.167. The normalized spacial score (nSPS) is 12.4. The molecule has 1 heterocycles. The topological polar surface area (TPSA) is 54.9 Å². The van der Waals surface area contributed by atoms with Crippen LogP contribution in [0.3, 0.4) is 0 Å². The summed E-state index contributed by atoms with van der Waals surface area (Å²) in [4.78, 5) is 26.0. The van der Waals surface area contributed by atoms with Crippen molar-refractivity contribution < 1.29 is 0 Å². The van der Waals surface area contributed by atoms with Crippen molar-refractivity contribution in [2.24, 2.45) is 0 Å². The minimum atomic E-state index is -0.514. The van der Waals surface area contributed by atoms with Gasteiger partial charge in [0.1, 0.15) is 5.15 Å². The van der Waals surface area contributed by atoms with Crippen molar-refractivity contribution in [2.45, 2.75) is 13.0 Å². The number of nitrogens with one attached hydrogen (secondary N) is 1. The van der Waals surface area contributed by atoms with Crippen LogP contribution in [0.15, 0.2) is 44.4 Å². The van der Waals surface area contributed by atoms with Gasteiger partial charge >= 0.3 is 5.69 Å². The van der Waals surface area contributed by atoms with Gasteiger partial charge in [0.2, 0.25) is 0 Å². The molecule has 0 saturated heterocycles. The second kappa shape index (κ2) is 5.12. The quantitative estimate of drug-likeness (QED) is 0.861. The summed E-state index contributed by atoms with van der Waals surface area (Å²) in [5.74, 6) is 0. The summed E-state index contributed by atoms with van der Waals surface area (Å²) in [5, 5.41) is 0.0442. The summed E-state index contributed by atoms with van der Waals surface area (Å²) < 4.78 is 2.03. The molecule has 1 aromatic heterocycles. The Bertz CT molecular complexity index is 662. The van der Waals surface area contributed by atoms with Crippen LogP contribution in [0.4, 0.5) is 0 Å². The molecular weight excluding hydrogens is 320 g/mol. The lowest BCUT2D eigenvalue weighted by Gasteiger charge is -2.14. The predicted molar refractivity (Wildman–Crippen MR) is 74.3 cm³/mol. The molecular formula is C12H10BrClN2O2. The van der Waals surface area contributed by atoms with Gasteiger partial charge in [-0.25, -0.2) is 4.79 Å². The summed E-state index contributed by atoms with van der Waals surface area (Å²) in [6, 6.07) is 8.28. The molecule has 0 spiro atoms. The Morgan fingerprint density at radius 1 is 1.33 bits per heavy atom. The summed E-state index contributed by atoms with van der Waals surface area (Å²) in [6.07, 6.45) is 0. The molecule has 0 saturated carbocycles. The second-order valence-corrected chi connectivity index (χ2v) is 5.18. The van der Waals surface area contributed by atoms with Gasteiger partial charge in [0.15, 0.2) is 0 Å². The third-order valence-electron chi connectivity index (χ3n) is 2.65. The van der Waals surface area contributed by atoms with Crippen LogP contribution in [0.5, 0.6) is 0 Å². The molecule has 0 aliphatic heterocycles. The van der Waals surface area contributed by atoms with Crippen molar-refractivity contribution in [2.75, 3.05) is 0 Å². The highest BCUT2D eigenvalue weighted by molar-refractivity contribution is 9.10. The van der Waals surface area contributed by atoms with Crippen molar-refractivity contribution in [3.8, 4) is 0 Å². The van der Waals surface area contributed by atoms with Gasteiger partial charge in [-0.3, -0.25) is 14.3 Å². The van der Waals surface area contributed by atoms with Crippen molar-refractivity contribution >= 4 is 27.5 Å². The highest BCUT2D eigenvalue weighted by Gasteiger charge is 2.13. The van der Waals surface area contributed by atoms with E-state index in [1.165, 1.54) is 6.07 Å². The molecule has 1 atom stereocenters. The average molecular weight is 330 g/mol. The first kappa shape index (κ1) is 13.1. The molecule has 1 unspecified atom stereocenters. The van der Waals surface area contributed by atoms with Crippen LogP contribution in [0, 0.1) is 0 Å². The van der Waals surface area contributed by atoms with Crippen LogP contribution in [0.1, 0.15) is 18.5 Å². The Kier molecular flexibility index (Phi) is 3.73. The molecule has 2 rings (SSSR count). The van der Waals surface area contributed by atoms with Gasteiger partial charge in [0.25, 0.3) is 5.56 Å². The second-order valence-electron chi connectivity index (χ2n) is 3.86. The third kappa shape index (κ3) is 2.57. The van der Waals surface area contributed by atoms with Crippen molar-refractivity contribution in [3.63, 3.8) is 0 Å². The zero-order valence-corrected chi connectivity index (χ0v) is 11.8. The number of hydrogen-bond donors (Lipinski definition) is 1. The lowest BCUT2D eigenvalue weighted by Crippen LogP contribution is -2.37. The number of benzene rings is 1. The monoisotopic (exact) mass is 328 g/mol. The van der Waals surface area contributed by atoms with Crippen molar-refractivity contribution in [1.29, 1.82) is 0 Å². The number of H-pyrrole nitrogens is 1. The molecule has 1 N–H and O–H groups in total. The Morgan fingerprint density at radius 2 is 2.06 bits per heavy atom. The molecule has 0 radical (unpaired) electrons. The standard InChI is InChI=1S/C12H10BrClN2O2/c1-7(8-3-2-4-9(13)5-8)16-11(17)6-10(14)15-12(16)18/h2-7H,1H3,(H,15,18). The zero-order valence-electron chi connectivity index (χ0n) is 9.48. The van der Waals surface area contributed by atoms with Gasteiger partial charge < -0.3 is 0 Å². The molecule has 6 heteroatoms. The van der Waals surface area contributed by atoms with E-state index in [-0.39, 0.29) is 11.2 Å². The Balaban J connectivity index is 2.56. The van der Waals surface area contributed by atoms with Crippen LogP contribution in [-0.4, -0.2) is 9.55 Å². The van der Waals surface area contributed by atoms with Crippen LogP contribution in [0.25, 0.3) is 0 Å². The Morgan fingerprint density at radius 3 is 2.67 bits per heavy atom. The molecule has 18 heavy (non-hydrogen) atoms. The van der Waals surface area contributed by atoms with E-state index in [1.54, 1.807) is 6.92 Å². The van der Waals surface area contributed by atoms with Crippen LogP contribution < -0.4 is 11.2 Å². The predicted octanol–water partition coefficient (Wildman–Crippen LogP) is 2.56. The first-order valence-electron chi connectivity index (χ1n) is 5.26. The molecule has 0 fully saturated rings. The number of aromatic amines is 1. The van der Waals surface area contributed by atoms with E-state index in [2.05, 4.69) is 20.9 Å². The number of aromatic nitrogens is 2. The lowest BCUT2D eigenvalue weighted by atomic mass is 10.1. The molecule has 0 aliphatic carbocycles. The van der Waals surface area contributed by atoms with E-state index in [9.17, 15) is 9.59 Å². The average Bonchev–Trinajstić information content (AvgIpc) is 2.27. The Hall–Kier alpha value is -1.33. The highest BCUT2D eigenvalue weighted by Crippen LogP contribution is 2.19. The first-order chi connectivity index (χ1) is 8.49. The number of rotatable bonds is 2. The van der Waals surface area contributed by atoms with Crippen molar-refractivity contribution in [1.82, 2.24) is 9.55 Å². The summed E-state index contributed by atoms with van der Waals surface area (Å²) in [6.45, 7) is 1.78. The third-order valence-corrected chi connectivity index (χ3v) is 3.35. The zero-order chi connectivity index (χ0) is 13.3. The fourth-order valence-corrected chi connectivity index (χ4v) is 2.35. The highest BCUT2D eigenvalue weighted by atomic mass is 79.9. The Labute approximate surface area is 116 Å². The maximum atomic E-state index is 11.8. The first-order valence-corrected chi connectivity index (χ1v) is 6.43. The SMILES string of the molecule is CC(c1cccc(Br)c1)n1c(=O)cc(Cl)[nH]c1=O. The van der Waals surface area contributed by atoms with Gasteiger partial charge in [-0.1, -0.05) is 39.7 Å². The van der Waals surface area contributed by atoms with E-state index in [4.69, 9.17) is 11.6 Å². The van der Waals surface area contributed by atoms with E-state index < -0.39 is 11.2 Å². The van der Waals surface area contributed by atoms with Gasteiger partial charge in [-0.2, -0.15) is 0 Å². The summed E-state index contributed by atoms with van der Waals surface area (Å²) >= 11 is 8.98. The van der Waals surface area contributed by atoms with Gasteiger partial charge in [0, 0.05) is 10.5 Å².